The Morgan fingerprint density at radius 2 is 1.84 bits per heavy atom. The van der Waals surface area contributed by atoms with Gasteiger partial charge >= 0.3 is 0 Å². The highest BCUT2D eigenvalue weighted by Crippen LogP contribution is 2.34. The maximum Gasteiger partial charge on any atom is 0.181 e. The van der Waals surface area contributed by atoms with E-state index in [0.717, 1.165) is 45.5 Å². The highest BCUT2D eigenvalue weighted by atomic mass is 19.1. The number of halogens is 1. The van der Waals surface area contributed by atoms with Crippen LogP contribution in [0.4, 0.5) is 4.39 Å². The Kier molecular flexibility index (Phi) is 5.78. The Morgan fingerprint density at radius 1 is 0.919 bits per heavy atom. The number of H-pyrrole nitrogens is 2. The number of aromatic amines is 2. The zero-order chi connectivity index (χ0) is 25.4. The average Bonchev–Trinajstić information content (AvgIpc) is 3.52. The van der Waals surface area contributed by atoms with Gasteiger partial charge in [-0.05, 0) is 44.4 Å². The van der Waals surface area contributed by atoms with Crippen LogP contribution in [0.15, 0.2) is 67.4 Å². The molecule has 0 atom stereocenters. The number of benzene rings is 1. The first-order valence-electron chi connectivity index (χ1n) is 11.7. The van der Waals surface area contributed by atoms with Crippen molar-refractivity contribution in [3.05, 3.63) is 73.2 Å². The van der Waals surface area contributed by atoms with Gasteiger partial charge in [0.15, 0.2) is 5.65 Å². The number of nitrogens with zero attached hydrogens (tertiary/aromatic N) is 6. The molecule has 0 fully saturated rings. The van der Waals surface area contributed by atoms with Crippen molar-refractivity contribution in [2.24, 2.45) is 0 Å². The van der Waals surface area contributed by atoms with Crippen molar-refractivity contribution in [3.8, 4) is 39.7 Å². The molecule has 1 aromatic carbocycles. The van der Waals surface area contributed by atoms with Crippen LogP contribution in [-0.2, 0) is 0 Å². The van der Waals surface area contributed by atoms with Gasteiger partial charge in [0.2, 0.25) is 0 Å². The van der Waals surface area contributed by atoms with Crippen molar-refractivity contribution in [2.45, 2.75) is 0 Å². The first-order valence-corrected chi connectivity index (χ1v) is 11.7. The van der Waals surface area contributed by atoms with Crippen molar-refractivity contribution in [2.75, 3.05) is 27.2 Å². The molecule has 0 unspecified atom stereocenters. The Hall–Kier alpha value is -4.70. The molecule has 5 heterocycles. The molecule has 2 N–H and O–H groups in total. The minimum absolute atomic E-state index is 0.380. The van der Waals surface area contributed by atoms with Crippen LogP contribution in [0.1, 0.15) is 0 Å². The molecule has 0 aliphatic carbocycles. The highest BCUT2D eigenvalue weighted by molar-refractivity contribution is 6.00. The fourth-order valence-corrected chi connectivity index (χ4v) is 4.24. The van der Waals surface area contributed by atoms with Gasteiger partial charge in [0.05, 0.1) is 29.0 Å². The molecule has 0 saturated carbocycles. The third kappa shape index (κ3) is 4.50. The fraction of sp³-hybridized carbons (Fsp3) is 0.148. The van der Waals surface area contributed by atoms with E-state index in [2.05, 4.69) is 35.1 Å². The SMILES string of the molecule is CN(C)CCOc1cc(F)cc(-c2nccc3[nH]c(-c4[nH]nc5ncc(-c6cnccn6)cc45)cc23)c1. The summed E-state index contributed by atoms with van der Waals surface area (Å²) < 4.78 is 20.3. The number of fused-ring (bicyclic) bond motifs is 2. The van der Waals surface area contributed by atoms with Gasteiger partial charge in [-0.1, -0.05) is 0 Å². The number of hydrogen-bond donors (Lipinski definition) is 2. The van der Waals surface area contributed by atoms with Gasteiger partial charge in [-0.2, -0.15) is 5.10 Å². The van der Waals surface area contributed by atoms with Crippen LogP contribution in [0.25, 0.3) is 55.8 Å². The third-order valence-corrected chi connectivity index (χ3v) is 6.04. The lowest BCUT2D eigenvalue weighted by molar-refractivity contribution is 0.260. The number of nitrogens with one attached hydrogen (secondary N) is 2. The highest BCUT2D eigenvalue weighted by Gasteiger charge is 2.16. The minimum atomic E-state index is -0.380. The molecular weight excluding hydrogens is 471 g/mol. The first-order chi connectivity index (χ1) is 18.0. The lowest BCUT2D eigenvalue weighted by Gasteiger charge is -2.12. The van der Waals surface area contributed by atoms with Crippen molar-refractivity contribution < 1.29 is 9.13 Å². The second kappa shape index (κ2) is 9.40. The van der Waals surface area contributed by atoms with Crippen LogP contribution in [0.5, 0.6) is 5.75 Å². The lowest BCUT2D eigenvalue weighted by Crippen LogP contribution is -2.19. The van der Waals surface area contributed by atoms with Crippen LogP contribution in [0.3, 0.4) is 0 Å². The molecule has 0 aliphatic rings. The fourth-order valence-electron chi connectivity index (χ4n) is 4.24. The van der Waals surface area contributed by atoms with E-state index < -0.39 is 0 Å². The molecule has 6 aromatic rings. The van der Waals surface area contributed by atoms with Crippen molar-refractivity contribution in [1.29, 1.82) is 0 Å². The number of pyridine rings is 2. The standard InChI is InChI=1S/C27H23FN8O/c1-36(2)7-8-37-19-10-16(9-18(28)12-19)25-20-13-23(33-22(20)3-4-31-25)26-21-11-17(14-32-27(21)35-34-26)24-15-29-5-6-30-24/h3-6,9-15,33H,7-8H2,1-2H3,(H,32,34,35). The van der Waals surface area contributed by atoms with E-state index in [9.17, 15) is 4.39 Å². The summed E-state index contributed by atoms with van der Waals surface area (Å²) in [5, 5.41) is 9.15. The summed E-state index contributed by atoms with van der Waals surface area (Å²) in [6, 6.07) is 10.5. The monoisotopic (exact) mass is 494 g/mol. The van der Waals surface area contributed by atoms with Crippen molar-refractivity contribution >= 4 is 21.9 Å². The molecular formula is C27H23FN8O. The minimum Gasteiger partial charge on any atom is -0.492 e. The Balaban J connectivity index is 1.41. The number of likely N-dealkylation sites (N-methyl/N-ethyl adjacent to an activating group) is 1. The summed E-state index contributed by atoms with van der Waals surface area (Å²) in [7, 11) is 3.92. The molecule has 0 bridgehead atoms. The number of rotatable bonds is 7. The average molecular weight is 495 g/mol. The van der Waals surface area contributed by atoms with Gasteiger partial charge in [0.1, 0.15) is 18.2 Å². The van der Waals surface area contributed by atoms with Gasteiger partial charge < -0.3 is 14.6 Å². The molecule has 0 aliphatic heterocycles. The van der Waals surface area contributed by atoms with Crippen LogP contribution in [-0.4, -0.2) is 67.3 Å². The second-order valence-electron chi connectivity index (χ2n) is 8.92. The maximum atomic E-state index is 14.5. The zero-order valence-corrected chi connectivity index (χ0v) is 20.2. The van der Waals surface area contributed by atoms with Crippen LogP contribution in [0.2, 0.25) is 0 Å². The van der Waals surface area contributed by atoms with E-state index in [1.807, 2.05) is 43.3 Å². The normalized spacial score (nSPS) is 11.6. The molecule has 37 heavy (non-hydrogen) atoms. The van der Waals surface area contributed by atoms with Gasteiger partial charge in [-0.25, -0.2) is 9.37 Å². The quantitative estimate of drug-likeness (QED) is 0.331. The smallest absolute Gasteiger partial charge is 0.181 e. The maximum absolute atomic E-state index is 14.5. The number of hydrogen-bond acceptors (Lipinski definition) is 7. The third-order valence-electron chi connectivity index (χ3n) is 6.04. The number of aromatic nitrogens is 7. The predicted molar refractivity (Wildman–Crippen MR) is 139 cm³/mol. The molecule has 10 heteroatoms. The lowest BCUT2D eigenvalue weighted by atomic mass is 10.1. The molecule has 5 aromatic heterocycles. The van der Waals surface area contributed by atoms with E-state index in [4.69, 9.17) is 4.74 Å². The van der Waals surface area contributed by atoms with Gasteiger partial charge in [0.25, 0.3) is 0 Å². The van der Waals surface area contributed by atoms with E-state index in [-0.39, 0.29) is 5.82 Å². The Labute approximate surface area is 211 Å². The molecule has 0 spiro atoms. The summed E-state index contributed by atoms with van der Waals surface area (Å²) in [6.45, 7) is 1.19. The second-order valence-corrected chi connectivity index (χ2v) is 8.92. The van der Waals surface area contributed by atoms with Gasteiger partial charge in [0, 0.05) is 64.8 Å². The Morgan fingerprint density at radius 3 is 2.68 bits per heavy atom. The summed E-state index contributed by atoms with van der Waals surface area (Å²) in [5.74, 6) is 0.0858. The van der Waals surface area contributed by atoms with Crippen molar-refractivity contribution in [3.63, 3.8) is 0 Å². The van der Waals surface area contributed by atoms with Gasteiger partial charge in [-0.3, -0.25) is 20.1 Å². The van der Waals surface area contributed by atoms with Crippen LogP contribution in [0, 0.1) is 5.82 Å². The zero-order valence-electron chi connectivity index (χ0n) is 20.2. The molecule has 0 radical (unpaired) electrons. The largest absolute Gasteiger partial charge is 0.492 e. The van der Waals surface area contributed by atoms with Crippen LogP contribution >= 0.6 is 0 Å². The van der Waals surface area contributed by atoms with Gasteiger partial charge in [-0.15, -0.1) is 0 Å². The summed E-state index contributed by atoms with van der Waals surface area (Å²) in [6.07, 6.45) is 8.40. The molecule has 184 valence electrons. The summed E-state index contributed by atoms with van der Waals surface area (Å²) >= 11 is 0. The van der Waals surface area contributed by atoms with E-state index in [0.29, 0.717) is 29.3 Å². The molecule has 6 rings (SSSR count). The van der Waals surface area contributed by atoms with Crippen LogP contribution < -0.4 is 4.74 Å². The topological polar surface area (TPSA) is 108 Å². The van der Waals surface area contributed by atoms with Crippen molar-refractivity contribution in [1.82, 2.24) is 40.0 Å². The molecule has 0 amide bonds. The van der Waals surface area contributed by atoms with E-state index >= 15 is 0 Å². The predicted octanol–water partition coefficient (Wildman–Crippen LogP) is 4.70. The first kappa shape index (κ1) is 22.7. The van der Waals surface area contributed by atoms with E-state index in [1.165, 1.54) is 12.1 Å². The summed E-state index contributed by atoms with van der Waals surface area (Å²) in [5.41, 5.74) is 5.89. The molecule has 0 saturated heterocycles. The number of ether oxygens (including phenoxy) is 1. The summed E-state index contributed by atoms with van der Waals surface area (Å²) in [4.78, 5) is 23.0. The molecule has 9 nitrogen and oxygen atoms in total. The Bertz CT molecular complexity index is 1710. The van der Waals surface area contributed by atoms with E-state index in [1.54, 1.807) is 31.0 Å².